The molecule has 5 heteroatoms. The summed E-state index contributed by atoms with van der Waals surface area (Å²) < 4.78 is 1.84. The van der Waals surface area contributed by atoms with Crippen LogP contribution in [0.25, 0.3) is 0 Å². The zero-order valence-electron chi connectivity index (χ0n) is 10.2. The summed E-state index contributed by atoms with van der Waals surface area (Å²) in [6.07, 6.45) is 0.426. The molecule has 1 saturated heterocycles. The molecule has 1 aromatic heterocycles. The van der Waals surface area contributed by atoms with E-state index in [2.05, 4.69) is 5.10 Å². The minimum Gasteiger partial charge on any atom is -0.337 e. The van der Waals surface area contributed by atoms with E-state index in [1.165, 1.54) is 0 Å². The van der Waals surface area contributed by atoms with Gasteiger partial charge in [0.2, 0.25) is 5.91 Å². The monoisotopic (exact) mass is 222 g/mol. The number of hydrogen-bond acceptors (Lipinski definition) is 3. The van der Waals surface area contributed by atoms with Gasteiger partial charge in [0.25, 0.3) is 0 Å². The first-order chi connectivity index (χ1) is 7.43. The number of carbonyl (C=O) groups is 1. The molecule has 0 radical (unpaired) electrons. The quantitative estimate of drug-likeness (QED) is 0.741. The summed E-state index contributed by atoms with van der Waals surface area (Å²) in [7, 11) is 3.72. The van der Waals surface area contributed by atoms with E-state index >= 15 is 0 Å². The van der Waals surface area contributed by atoms with Crippen molar-refractivity contribution in [3.05, 3.63) is 17.0 Å². The van der Waals surface area contributed by atoms with Crippen molar-refractivity contribution in [1.82, 2.24) is 14.7 Å². The normalized spacial score (nSPS) is 25.6. The lowest BCUT2D eigenvalue weighted by Crippen LogP contribution is -2.31. The van der Waals surface area contributed by atoms with Crippen molar-refractivity contribution in [2.24, 2.45) is 12.8 Å². The van der Waals surface area contributed by atoms with E-state index in [9.17, 15) is 4.79 Å². The number of nitrogens with two attached hydrogens (primary N) is 1. The molecule has 16 heavy (non-hydrogen) atoms. The number of aromatic nitrogens is 2. The molecule has 5 nitrogen and oxygen atoms in total. The molecule has 2 atom stereocenters. The Balaban J connectivity index is 2.48. The molecule has 2 unspecified atom stereocenters. The van der Waals surface area contributed by atoms with Gasteiger partial charge in [-0.3, -0.25) is 9.48 Å². The van der Waals surface area contributed by atoms with Crippen molar-refractivity contribution in [2.75, 3.05) is 7.05 Å². The van der Waals surface area contributed by atoms with Gasteiger partial charge in [0.05, 0.1) is 11.7 Å². The molecule has 1 aliphatic rings. The van der Waals surface area contributed by atoms with Gasteiger partial charge in [-0.05, 0) is 13.8 Å². The predicted molar refractivity (Wildman–Crippen MR) is 60.8 cm³/mol. The molecule has 0 aliphatic carbocycles. The van der Waals surface area contributed by atoms with E-state index in [-0.39, 0.29) is 18.0 Å². The molecule has 0 saturated carbocycles. The fraction of sp³-hybridized carbons (Fsp3) is 0.636. The first kappa shape index (κ1) is 11.1. The number of aryl methyl sites for hydroxylation is 2. The summed E-state index contributed by atoms with van der Waals surface area (Å²) in [5.74, 6) is 0.111. The van der Waals surface area contributed by atoms with Crippen LogP contribution in [0.3, 0.4) is 0 Å². The maximum atomic E-state index is 11.6. The zero-order valence-corrected chi connectivity index (χ0v) is 10.2. The van der Waals surface area contributed by atoms with Crippen LogP contribution in [0.4, 0.5) is 0 Å². The average Bonchev–Trinajstić information content (AvgIpc) is 2.57. The van der Waals surface area contributed by atoms with E-state index in [1.807, 2.05) is 32.6 Å². The molecule has 2 N–H and O–H groups in total. The number of likely N-dealkylation sites (tertiary alicyclic amines) is 1. The molecule has 1 amide bonds. The van der Waals surface area contributed by atoms with Crippen LogP contribution in [0.15, 0.2) is 0 Å². The molecule has 2 heterocycles. The lowest BCUT2D eigenvalue weighted by Gasteiger charge is -2.23. The number of amides is 1. The van der Waals surface area contributed by atoms with Crippen molar-refractivity contribution in [3.8, 4) is 0 Å². The second-order valence-electron chi connectivity index (χ2n) is 4.53. The minimum absolute atomic E-state index is 0.0267. The lowest BCUT2D eigenvalue weighted by molar-refractivity contribution is -0.127. The highest BCUT2D eigenvalue weighted by atomic mass is 16.2. The summed E-state index contributed by atoms with van der Waals surface area (Å²) >= 11 is 0. The van der Waals surface area contributed by atoms with Crippen molar-refractivity contribution in [3.63, 3.8) is 0 Å². The number of hydrogen-bond donors (Lipinski definition) is 1. The fourth-order valence-electron chi connectivity index (χ4n) is 2.53. The van der Waals surface area contributed by atoms with Gasteiger partial charge >= 0.3 is 0 Å². The highest BCUT2D eigenvalue weighted by Gasteiger charge is 2.38. The van der Waals surface area contributed by atoms with Gasteiger partial charge in [0.15, 0.2) is 0 Å². The van der Waals surface area contributed by atoms with Gasteiger partial charge in [-0.25, -0.2) is 0 Å². The summed E-state index contributed by atoms with van der Waals surface area (Å²) in [6, 6.07) is -0.153. The number of carbonyl (C=O) groups excluding carboxylic acids is 1. The van der Waals surface area contributed by atoms with Crippen molar-refractivity contribution < 1.29 is 4.79 Å². The van der Waals surface area contributed by atoms with Crippen LogP contribution in [0, 0.1) is 13.8 Å². The fourth-order valence-corrected chi connectivity index (χ4v) is 2.53. The van der Waals surface area contributed by atoms with Crippen molar-refractivity contribution in [1.29, 1.82) is 0 Å². The number of nitrogens with zero attached hydrogens (tertiary/aromatic N) is 3. The van der Waals surface area contributed by atoms with Crippen LogP contribution in [0.2, 0.25) is 0 Å². The first-order valence-electron chi connectivity index (χ1n) is 5.44. The number of rotatable bonds is 1. The van der Waals surface area contributed by atoms with Gasteiger partial charge in [0.1, 0.15) is 0 Å². The van der Waals surface area contributed by atoms with E-state index < -0.39 is 0 Å². The van der Waals surface area contributed by atoms with Gasteiger partial charge in [-0.2, -0.15) is 5.10 Å². The second kappa shape index (κ2) is 3.59. The largest absolute Gasteiger partial charge is 0.337 e. The molecular formula is C11H18N4O. The Labute approximate surface area is 95.2 Å². The Bertz CT molecular complexity index is 437. The minimum atomic E-state index is -0.126. The Morgan fingerprint density at radius 1 is 1.38 bits per heavy atom. The molecule has 0 bridgehead atoms. The standard InChI is InChI=1S/C11H18N4O/c1-6-10(7(2)15(4)13-6)11-8(12)5-9(16)14(11)3/h8,11H,5,12H2,1-4H3. The van der Waals surface area contributed by atoms with E-state index in [1.54, 1.807) is 4.90 Å². The molecule has 2 rings (SSSR count). The van der Waals surface area contributed by atoms with E-state index in [0.717, 1.165) is 17.0 Å². The van der Waals surface area contributed by atoms with Crippen molar-refractivity contribution >= 4 is 5.91 Å². The topological polar surface area (TPSA) is 64.2 Å². The predicted octanol–water partition coefficient (Wildman–Crippen LogP) is 0.267. The highest BCUT2D eigenvalue weighted by Crippen LogP contribution is 2.33. The average molecular weight is 222 g/mol. The van der Waals surface area contributed by atoms with E-state index in [4.69, 9.17) is 5.73 Å². The molecule has 0 spiro atoms. The number of likely N-dealkylation sites (N-methyl/N-ethyl adjacent to an activating group) is 1. The van der Waals surface area contributed by atoms with Crippen LogP contribution >= 0.6 is 0 Å². The molecule has 88 valence electrons. The Hall–Kier alpha value is -1.36. The van der Waals surface area contributed by atoms with Crippen LogP contribution in [0.1, 0.15) is 29.4 Å². The summed E-state index contributed by atoms with van der Waals surface area (Å²) in [4.78, 5) is 13.4. The summed E-state index contributed by atoms with van der Waals surface area (Å²) in [5.41, 5.74) is 9.18. The van der Waals surface area contributed by atoms with E-state index in [0.29, 0.717) is 6.42 Å². The molecular weight excluding hydrogens is 204 g/mol. The first-order valence-corrected chi connectivity index (χ1v) is 5.44. The van der Waals surface area contributed by atoms with Crippen LogP contribution in [-0.2, 0) is 11.8 Å². The Kier molecular flexibility index (Phi) is 2.50. The lowest BCUT2D eigenvalue weighted by atomic mass is 9.99. The molecule has 1 aliphatic heterocycles. The van der Waals surface area contributed by atoms with Gasteiger partial charge in [-0.1, -0.05) is 0 Å². The maximum Gasteiger partial charge on any atom is 0.224 e. The Morgan fingerprint density at radius 3 is 2.38 bits per heavy atom. The van der Waals surface area contributed by atoms with Crippen LogP contribution in [0.5, 0.6) is 0 Å². The summed E-state index contributed by atoms with van der Waals surface area (Å²) in [5, 5.41) is 4.37. The third-order valence-electron chi connectivity index (χ3n) is 3.49. The molecule has 0 aromatic carbocycles. The van der Waals surface area contributed by atoms with Gasteiger partial charge in [-0.15, -0.1) is 0 Å². The second-order valence-corrected chi connectivity index (χ2v) is 4.53. The summed E-state index contributed by atoms with van der Waals surface area (Å²) in [6.45, 7) is 3.98. The van der Waals surface area contributed by atoms with Crippen LogP contribution in [-0.4, -0.2) is 33.7 Å². The van der Waals surface area contributed by atoms with Crippen molar-refractivity contribution in [2.45, 2.75) is 32.4 Å². The third-order valence-corrected chi connectivity index (χ3v) is 3.49. The third kappa shape index (κ3) is 1.43. The maximum absolute atomic E-state index is 11.6. The van der Waals surface area contributed by atoms with Gasteiger partial charge < -0.3 is 10.6 Å². The smallest absolute Gasteiger partial charge is 0.224 e. The van der Waals surface area contributed by atoms with Crippen LogP contribution < -0.4 is 5.73 Å². The van der Waals surface area contributed by atoms with Gasteiger partial charge in [0, 0.05) is 37.8 Å². The molecule has 1 fully saturated rings. The molecule has 1 aromatic rings. The Morgan fingerprint density at radius 2 is 2.00 bits per heavy atom. The zero-order chi connectivity index (χ0) is 12.0. The SMILES string of the molecule is Cc1nn(C)c(C)c1C1C(N)CC(=O)N1C. The highest BCUT2D eigenvalue weighted by molar-refractivity contribution is 5.80.